The Balaban J connectivity index is 1.53. The molecule has 0 radical (unpaired) electrons. The van der Waals surface area contributed by atoms with Crippen LogP contribution in [0.25, 0.3) is 21.3 Å². The van der Waals surface area contributed by atoms with E-state index in [9.17, 15) is 14.7 Å². The van der Waals surface area contributed by atoms with Crippen molar-refractivity contribution < 1.29 is 14.7 Å². The predicted molar refractivity (Wildman–Crippen MR) is 142 cm³/mol. The second-order valence-corrected chi connectivity index (χ2v) is 10.5. The number of ketones is 1. The van der Waals surface area contributed by atoms with Crippen LogP contribution in [0.1, 0.15) is 54.9 Å². The van der Waals surface area contributed by atoms with Crippen LogP contribution in [0.5, 0.6) is 0 Å². The fourth-order valence-corrected chi connectivity index (χ4v) is 5.85. The van der Waals surface area contributed by atoms with Gasteiger partial charge in [0, 0.05) is 22.7 Å². The molecule has 2 N–H and O–H groups in total. The van der Waals surface area contributed by atoms with E-state index in [2.05, 4.69) is 37.4 Å². The van der Waals surface area contributed by atoms with E-state index in [1.807, 2.05) is 48.5 Å². The molecule has 0 unspecified atom stereocenters. The molecular weight excluding hydrogens is 456 g/mol. The number of carbonyl (C=O) groups is 2. The van der Waals surface area contributed by atoms with Crippen molar-refractivity contribution in [2.75, 3.05) is 5.32 Å². The van der Waals surface area contributed by atoms with E-state index < -0.39 is 17.8 Å². The number of fused-ring (bicyclic) bond motifs is 1. The summed E-state index contributed by atoms with van der Waals surface area (Å²) in [6, 6.07) is 22.0. The summed E-state index contributed by atoms with van der Waals surface area (Å²) in [5.74, 6) is -1.61. The monoisotopic (exact) mass is 484 g/mol. The molecule has 178 valence electrons. The molecule has 0 amide bonds. The summed E-state index contributed by atoms with van der Waals surface area (Å²) in [5, 5.41) is 13.8. The summed E-state index contributed by atoms with van der Waals surface area (Å²) in [4.78, 5) is 29.8. The van der Waals surface area contributed by atoms with Gasteiger partial charge in [-0.2, -0.15) is 0 Å². The highest BCUT2D eigenvalue weighted by Crippen LogP contribution is 2.38. The number of carbonyl (C=O) groups excluding carboxylic acids is 1. The highest BCUT2D eigenvalue weighted by atomic mass is 32.1. The maximum Gasteiger partial charge on any atom is 0.307 e. The van der Waals surface area contributed by atoms with Gasteiger partial charge in [0.05, 0.1) is 16.1 Å². The number of carboxylic acids is 1. The van der Waals surface area contributed by atoms with Crippen LogP contribution in [0.3, 0.4) is 0 Å². The second kappa shape index (κ2) is 9.62. The maximum atomic E-state index is 13.4. The van der Waals surface area contributed by atoms with Gasteiger partial charge in [0.25, 0.3) is 0 Å². The Bertz CT molecular complexity index is 1390. The van der Waals surface area contributed by atoms with Gasteiger partial charge in [-0.05, 0) is 48.1 Å². The first kappa shape index (κ1) is 23.2. The van der Waals surface area contributed by atoms with Crippen LogP contribution in [0.4, 0.5) is 10.8 Å². The van der Waals surface area contributed by atoms with Crippen molar-refractivity contribution in [1.82, 2.24) is 4.98 Å². The zero-order chi connectivity index (χ0) is 24.5. The first-order valence-electron chi connectivity index (χ1n) is 12.0. The Morgan fingerprint density at radius 3 is 2.51 bits per heavy atom. The largest absolute Gasteiger partial charge is 0.481 e. The van der Waals surface area contributed by atoms with Crippen LogP contribution in [-0.4, -0.2) is 21.8 Å². The molecule has 0 bridgehead atoms. The zero-order valence-corrected chi connectivity index (χ0v) is 20.6. The minimum Gasteiger partial charge on any atom is -0.481 e. The SMILES string of the molecule is CC(C)c1ccc2nc(Nc3cc(C(=O)[C@@H]4CCC[C@H]4C(=O)O)ccc3-c3ccccc3)sc2c1. The van der Waals surface area contributed by atoms with Crippen molar-refractivity contribution in [2.24, 2.45) is 11.8 Å². The summed E-state index contributed by atoms with van der Waals surface area (Å²) in [7, 11) is 0. The zero-order valence-electron chi connectivity index (χ0n) is 19.8. The number of aromatic nitrogens is 1. The van der Waals surface area contributed by atoms with Crippen LogP contribution in [0, 0.1) is 11.8 Å². The fraction of sp³-hybridized carbons (Fsp3) is 0.276. The number of carboxylic acid groups (broad SMARTS) is 1. The molecule has 1 aliphatic carbocycles. The third kappa shape index (κ3) is 4.71. The number of nitrogens with zero attached hydrogens (tertiary/aromatic N) is 1. The summed E-state index contributed by atoms with van der Waals surface area (Å²) >= 11 is 1.59. The Morgan fingerprint density at radius 2 is 1.77 bits per heavy atom. The van der Waals surface area contributed by atoms with E-state index in [1.54, 1.807) is 11.3 Å². The minimum atomic E-state index is -0.879. The Labute approximate surface area is 208 Å². The summed E-state index contributed by atoms with van der Waals surface area (Å²) in [5.41, 5.74) is 5.52. The number of nitrogens with one attached hydrogen (secondary N) is 1. The number of benzene rings is 3. The van der Waals surface area contributed by atoms with Crippen molar-refractivity contribution >= 4 is 44.1 Å². The van der Waals surface area contributed by atoms with Crippen molar-refractivity contribution in [3.8, 4) is 11.1 Å². The molecule has 1 saturated carbocycles. The number of Topliss-reactive ketones (excluding diaryl/α,β-unsaturated/α-hetero) is 1. The van der Waals surface area contributed by atoms with E-state index in [1.165, 1.54) is 5.56 Å². The highest BCUT2D eigenvalue weighted by molar-refractivity contribution is 7.22. The van der Waals surface area contributed by atoms with E-state index in [4.69, 9.17) is 4.98 Å². The van der Waals surface area contributed by atoms with Gasteiger partial charge in [0.2, 0.25) is 0 Å². The molecule has 3 aromatic carbocycles. The highest BCUT2D eigenvalue weighted by Gasteiger charge is 2.38. The molecule has 0 spiro atoms. The van der Waals surface area contributed by atoms with E-state index in [-0.39, 0.29) is 5.78 Å². The average Bonchev–Trinajstić information content (AvgIpc) is 3.50. The number of aliphatic carboxylic acids is 1. The molecule has 35 heavy (non-hydrogen) atoms. The number of hydrogen-bond acceptors (Lipinski definition) is 5. The van der Waals surface area contributed by atoms with Gasteiger partial charge in [0.1, 0.15) is 0 Å². The standard InChI is InChI=1S/C29H28N2O3S/c1-17(2)19-12-14-24-26(16-19)35-29(30-24)31-25-15-20(11-13-21(25)18-7-4-3-5-8-18)27(32)22-9-6-10-23(22)28(33)34/h3-5,7-8,11-17,22-23H,6,9-10H2,1-2H3,(H,30,31)(H,33,34)/t22-,23-/m1/s1. The molecule has 4 aromatic rings. The van der Waals surface area contributed by atoms with Gasteiger partial charge >= 0.3 is 5.97 Å². The van der Waals surface area contributed by atoms with Gasteiger partial charge in [-0.3, -0.25) is 9.59 Å². The molecule has 0 aliphatic heterocycles. The van der Waals surface area contributed by atoms with Gasteiger partial charge < -0.3 is 10.4 Å². The normalized spacial score (nSPS) is 17.7. The lowest BCUT2D eigenvalue weighted by atomic mass is 9.87. The van der Waals surface area contributed by atoms with E-state index >= 15 is 0 Å². The third-order valence-electron chi connectivity index (χ3n) is 6.88. The van der Waals surface area contributed by atoms with E-state index in [0.29, 0.717) is 24.3 Å². The Hall–Kier alpha value is -3.51. The molecule has 2 atom stereocenters. The van der Waals surface area contributed by atoms with Gasteiger partial charge in [0.15, 0.2) is 10.9 Å². The molecule has 5 nitrogen and oxygen atoms in total. The number of anilines is 2. The quantitative estimate of drug-likeness (QED) is 0.265. The van der Waals surface area contributed by atoms with Crippen molar-refractivity contribution in [1.29, 1.82) is 0 Å². The maximum absolute atomic E-state index is 13.4. The molecular formula is C29H28N2O3S. The fourth-order valence-electron chi connectivity index (χ4n) is 4.92. The number of thiazole rings is 1. The number of hydrogen-bond donors (Lipinski definition) is 2. The molecule has 1 aliphatic rings. The summed E-state index contributed by atoms with van der Waals surface area (Å²) in [6.07, 6.45) is 1.95. The molecule has 0 saturated heterocycles. The minimum absolute atomic E-state index is 0.0940. The van der Waals surface area contributed by atoms with Gasteiger partial charge in [-0.15, -0.1) is 0 Å². The lowest BCUT2D eigenvalue weighted by Gasteiger charge is -2.17. The van der Waals surface area contributed by atoms with Gasteiger partial charge in [-0.25, -0.2) is 4.98 Å². The van der Waals surface area contributed by atoms with Crippen molar-refractivity contribution in [3.05, 3.63) is 77.9 Å². The molecule has 1 fully saturated rings. The van der Waals surface area contributed by atoms with Crippen LogP contribution in [0.2, 0.25) is 0 Å². The molecule has 1 aromatic heterocycles. The average molecular weight is 485 g/mol. The predicted octanol–water partition coefficient (Wildman–Crippen LogP) is 7.51. The smallest absolute Gasteiger partial charge is 0.307 e. The lowest BCUT2D eigenvalue weighted by molar-refractivity contribution is -0.142. The molecule has 5 rings (SSSR count). The summed E-state index contributed by atoms with van der Waals surface area (Å²) in [6.45, 7) is 4.35. The third-order valence-corrected chi connectivity index (χ3v) is 7.81. The molecule has 1 heterocycles. The van der Waals surface area contributed by atoms with Crippen molar-refractivity contribution in [2.45, 2.75) is 39.0 Å². The lowest BCUT2D eigenvalue weighted by Crippen LogP contribution is -2.25. The molecule has 6 heteroatoms. The summed E-state index contributed by atoms with van der Waals surface area (Å²) < 4.78 is 1.11. The number of rotatable bonds is 7. The first-order valence-corrected chi connectivity index (χ1v) is 12.9. The Kier molecular flexibility index (Phi) is 6.39. The first-order chi connectivity index (χ1) is 16.9. The topological polar surface area (TPSA) is 79.3 Å². The Morgan fingerprint density at radius 1 is 1.00 bits per heavy atom. The van der Waals surface area contributed by atoms with Crippen LogP contribution < -0.4 is 5.32 Å². The van der Waals surface area contributed by atoms with E-state index in [0.717, 1.165) is 38.6 Å². The van der Waals surface area contributed by atoms with Crippen LogP contribution >= 0.6 is 11.3 Å². The van der Waals surface area contributed by atoms with Crippen LogP contribution in [-0.2, 0) is 4.79 Å². The van der Waals surface area contributed by atoms with Crippen LogP contribution in [0.15, 0.2) is 66.7 Å². The van der Waals surface area contributed by atoms with Gasteiger partial charge in [-0.1, -0.05) is 80.1 Å². The second-order valence-electron chi connectivity index (χ2n) is 9.50. The van der Waals surface area contributed by atoms with Crippen molar-refractivity contribution in [3.63, 3.8) is 0 Å².